The van der Waals surface area contributed by atoms with Crippen molar-refractivity contribution in [1.29, 1.82) is 0 Å². The Kier molecular flexibility index (Phi) is 6.83. The number of nitrogens with zero attached hydrogens (tertiary/aromatic N) is 8. The molecule has 0 radical (unpaired) electrons. The minimum Gasteiger partial charge on any atom is -0.616 e. The van der Waals surface area contributed by atoms with Crippen LogP contribution in [0.25, 0.3) is 28.1 Å². The first kappa shape index (κ1) is 26.9. The summed E-state index contributed by atoms with van der Waals surface area (Å²) < 4.78 is 37.1. The highest BCUT2D eigenvalue weighted by Crippen LogP contribution is 2.28. The molecule has 1 aromatic carbocycles. The summed E-state index contributed by atoms with van der Waals surface area (Å²) in [5, 5.41) is 4.53. The molecule has 7 rings (SSSR count). The molecule has 5 aromatic rings. The predicted octanol–water partition coefficient (Wildman–Crippen LogP) is 1.75. The number of nitrogen functional groups attached to an aromatic ring is 1. The minimum absolute atomic E-state index is 0.175. The summed E-state index contributed by atoms with van der Waals surface area (Å²) >= 11 is -0.769. The Morgan fingerprint density at radius 1 is 1.05 bits per heavy atom. The molecule has 2 aliphatic rings. The first-order valence-corrected chi connectivity index (χ1v) is 15.5. The van der Waals surface area contributed by atoms with Crippen molar-refractivity contribution < 1.29 is 13.4 Å². The molecule has 2 fully saturated rings. The summed E-state index contributed by atoms with van der Waals surface area (Å²) in [6.07, 6.45) is 1.58. The molecule has 0 spiro atoms. The number of aryl methyl sites for hydroxylation is 1. The molecule has 0 bridgehead atoms. The van der Waals surface area contributed by atoms with E-state index in [1.165, 1.54) is 4.52 Å². The van der Waals surface area contributed by atoms with Gasteiger partial charge >= 0.3 is 5.69 Å². The van der Waals surface area contributed by atoms with E-state index in [0.717, 1.165) is 18.8 Å². The summed E-state index contributed by atoms with van der Waals surface area (Å²) in [7, 11) is 1.73. The highest BCUT2D eigenvalue weighted by Gasteiger charge is 2.24. The molecule has 0 aliphatic carbocycles. The largest absolute Gasteiger partial charge is 0.616 e. The second kappa shape index (κ2) is 10.7. The van der Waals surface area contributed by atoms with Gasteiger partial charge in [-0.3, -0.25) is 14.0 Å². The number of nitrogens with two attached hydrogens (primary N) is 1. The van der Waals surface area contributed by atoms with Gasteiger partial charge in [0.1, 0.15) is 28.5 Å². The number of halogens is 1. The molecule has 2 aliphatic heterocycles. The van der Waals surface area contributed by atoms with Crippen LogP contribution in [0.5, 0.6) is 0 Å². The smallest absolute Gasteiger partial charge is 0.330 e. The second-order valence-corrected chi connectivity index (χ2v) is 12.4. The van der Waals surface area contributed by atoms with Crippen molar-refractivity contribution in [3.8, 4) is 11.5 Å². The topological polar surface area (TPSA) is 129 Å². The molecule has 42 heavy (non-hydrogen) atoms. The molecule has 2 N–H and O–H groups in total. The molecule has 0 amide bonds. The lowest BCUT2D eigenvalue weighted by atomic mass is 10.2. The van der Waals surface area contributed by atoms with E-state index >= 15 is 4.39 Å². The summed E-state index contributed by atoms with van der Waals surface area (Å²) in [4.78, 5) is 24.3. The van der Waals surface area contributed by atoms with Crippen molar-refractivity contribution in [3.05, 3.63) is 59.0 Å². The van der Waals surface area contributed by atoms with E-state index < -0.39 is 11.2 Å². The molecule has 4 aromatic heterocycles. The Balaban J connectivity index is 1.04. The Labute approximate surface area is 243 Å². The number of piperazine rings is 1. The molecule has 0 atom stereocenters. The van der Waals surface area contributed by atoms with Gasteiger partial charge in [-0.05, 0) is 36.4 Å². The maximum atomic E-state index is 15.1. The fraction of sp³-hybridized carbons (Fsp3) is 0.393. The highest BCUT2D eigenvalue weighted by atomic mass is 32.2. The van der Waals surface area contributed by atoms with Crippen LogP contribution < -0.4 is 21.2 Å². The van der Waals surface area contributed by atoms with E-state index in [-0.39, 0.29) is 17.5 Å². The maximum absolute atomic E-state index is 15.1. The fourth-order valence-electron chi connectivity index (χ4n) is 5.97. The SMILES string of the molecule is Cn1c(=O)n(CCN2CCN(c3ccc(N4CC[S+]([O-])CC4)cc3F)CC2)c2nc(N)n3nc(-c4ccco4)cc3c21. The van der Waals surface area contributed by atoms with Gasteiger partial charge in [-0.1, -0.05) is 11.2 Å². The molecule has 2 saturated heterocycles. The summed E-state index contributed by atoms with van der Waals surface area (Å²) in [6, 6.07) is 10.9. The van der Waals surface area contributed by atoms with Crippen LogP contribution in [0.15, 0.2) is 51.9 Å². The van der Waals surface area contributed by atoms with Gasteiger partial charge in [-0.15, -0.1) is 0 Å². The van der Waals surface area contributed by atoms with E-state index in [4.69, 9.17) is 10.2 Å². The van der Waals surface area contributed by atoms with E-state index in [1.54, 1.807) is 34.6 Å². The lowest BCUT2D eigenvalue weighted by molar-refractivity contribution is 0.247. The number of aromatic nitrogens is 5. The third-order valence-corrected chi connectivity index (χ3v) is 9.59. The van der Waals surface area contributed by atoms with Crippen molar-refractivity contribution in [2.45, 2.75) is 6.54 Å². The minimum atomic E-state index is -0.769. The van der Waals surface area contributed by atoms with Gasteiger partial charge in [-0.25, -0.2) is 9.18 Å². The average molecular weight is 594 g/mol. The zero-order valence-electron chi connectivity index (χ0n) is 23.3. The lowest BCUT2D eigenvalue weighted by Gasteiger charge is -2.36. The normalized spacial score (nSPS) is 17.2. The molecular formula is C28H32FN9O3S. The Bertz CT molecular complexity index is 1800. The second-order valence-electron chi connectivity index (χ2n) is 10.7. The number of hydrogen-bond acceptors (Lipinski definition) is 9. The molecule has 14 heteroatoms. The van der Waals surface area contributed by atoms with Crippen LogP contribution in [0.2, 0.25) is 0 Å². The summed E-state index contributed by atoms with van der Waals surface area (Å²) in [5.74, 6) is 1.80. The van der Waals surface area contributed by atoms with Gasteiger partial charge in [-0.2, -0.15) is 14.6 Å². The van der Waals surface area contributed by atoms with E-state index in [2.05, 4.69) is 24.8 Å². The van der Waals surface area contributed by atoms with Crippen LogP contribution in [0, 0.1) is 5.82 Å². The van der Waals surface area contributed by atoms with Crippen LogP contribution in [0.1, 0.15) is 0 Å². The highest BCUT2D eigenvalue weighted by molar-refractivity contribution is 7.91. The molecule has 220 valence electrons. The number of hydrogen-bond donors (Lipinski definition) is 1. The van der Waals surface area contributed by atoms with Crippen molar-refractivity contribution in [3.63, 3.8) is 0 Å². The first-order valence-electron chi connectivity index (χ1n) is 14.0. The average Bonchev–Trinajstić information content (AvgIpc) is 3.73. The zero-order valence-corrected chi connectivity index (χ0v) is 24.1. The summed E-state index contributed by atoms with van der Waals surface area (Å²) in [5.41, 5.74) is 9.99. The number of fused-ring (bicyclic) bond motifs is 3. The molecule has 6 heterocycles. The van der Waals surface area contributed by atoms with Gasteiger partial charge in [0.25, 0.3) is 0 Å². The van der Waals surface area contributed by atoms with Crippen LogP contribution in [-0.2, 0) is 24.8 Å². The molecule has 0 unspecified atom stereocenters. The van der Waals surface area contributed by atoms with Crippen molar-refractivity contribution in [2.24, 2.45) is 7.05 Å². The predicted molar refractivity (Wildman–Crippen MR) is 161 cm³/mol. The van der Waals surface area contributed by atoms with Crippen LogP contribution in [-0.4, -0.2) is 90.5 Å². The number of furan rings is 1. The number of imidazole rings is 1. The molecular weight excluding hydrogens is 561 g/mol. The molecule has 12 nitrogen and oxygen atoms in total. The van der Waals surface area contributed by atoms with Crippen LogP contribution >= 0.6 is 0 Å². The third-order valence-electron chi connectivity index (χ3n) is 8.31. The monoisotopic (exact) mass is 593 g/mol. The third kappa shape index (κ3) is 4.68. The zero-order chi connectivity index (χ0) is 29.0. The Morgan fingerprint density at radius 3 is 2.55 bits per heavy atom. The first-order chi connectivity index (χ1) is 20.4. The van der Waals surface area contributed by atoms with E-state index in [9.17, 15) is 9.35 Å². The standard InChI is InChI=1S/C28H32FN9O3S/c1-33-25-23-18-21(24-3-2-14-41-24)32-38(23)27(30)31-26(25)37(28(33)39)11-8-34-6-9-36(10-7-34)22-5-4-19(17-20(22)29)35-12-15-42(40)16-13-35/h2-5,14,17-18H,6-13,15-16H2,1H3,(H2,30,31). The van der Waals surface area contributed by atoms with Gasteiger partial charge in [0.05, 0.1) is 30.6 Å². The van der Waals surface area contributed by atoms with Crippen molar-refractivity contribution in [1.82, 2.24) is 28.6 Å². The van der Waals surface area contributed by atoms with Gasteiger partial charge in [0.15, 0.2) is 11.4 Å². The van der Waals surface area contributed by atoms with Crippen LogP contribution in [0.4, 0.5) is 21.7 Å². The Morgan fingerprint density at radius 2 is 1.83 bits per heavy atom. The van der Waals surface area contributed by atoms with Crippen molar-refractivity contribution >= 4 is 45.2 Å². The number of benzene rings is 1. The van der Waals surface area contributed by atoms with E-state index in [1.807, 2.05) is 24.3 Å². The van der Waals surface area contributed by atoms with Crippen LogP contribution in [0.3, 0.4) is 0 Å². The molecule has 0 saturated carbocycles. The number of anilines is 3. The maximum Gasteiger partial charge on any atom is 0.330 e. The summed E-state index contributed by atoms with van der Waals surface area (Å²) in [6.45, 7) is 5.31. The number of rotatable bonds is 6. The van der Waals surface area contributed by atoms with Crippen molar-refractivity contribution in [2.75, 3.05) is 72.9 Å². The Hall–Kier alpha value is -4.01. The fourth-order valence-corrected chi connectivity index (χ4v) is 7.02. The van der Waals surface area contributed by atoms with E-state index in [0.29, 0.717) is 84.6 Å². The van der Waals surface area contributed by atoms with Gasteiger partial charge < -0.3 is 24.5 Å². The lowest BCUT2D eigenvalue weighted by Crippen LogP contribution is -2.48. The van der Waals surface area contributed by atoms with Gasteiger partial charge in [0, 0.05) is 52.0 Å². The van der Waals surface area contributed by atoms with Gasteiger partial charge in [0.2, 0.25) is 5.95 Å². The quantitative estimate of drug-likeness (QED) is 0.293.